The summed E-state index contributed by atoms with van der Waals surface area (Å²) < 4.78 is 11.0. The third-order valence-corrected chi connectivity index (χ3v) is 8.11. The highest BCUT2D eigenvalue weighted by atomic mass is 28.4. The van der Waals surface area contributed by atoms with Crippen molar-refractivity contribution >= 4 is 14.3 Å². The molecule has 0 amide bonds. The van der Waals surface area contributed by atoms with Crippen molar-refractivity contribution in [3.63, 3.8) is 0 Å². The number of esters is 1. The van der Waals surface area contributed by atoms with Crippen molar-refractivity contribution in [3.8, 4) is 0 Å². The maximum absolute atomic E-state index is 11.2. The van der Waals surface area contributed by atoms with Crippen LogP contribution in [0, 0.1) is 5.92 Å². The van der Waals surface area contributed by atoms with Gasteiger partial charge >= 0.3 is 5.97 Å². The van der Waals surface area contributed by atoms with E-state index < -0.39 is 8.32 Å². The van der Waals surface area contributed by atoms with Crippen LogP contribution >= 0.6 is 0 Å². The number of hydrogen-bond donors (Lipinski definition) is 0. The number of carbonyl (C=O) groups is 1. The van der Waals surface area contributed by atoms with Crippen LogP contribution in [0.25, 0.3) is 0 Å². The smallest absolute Gasteiger partial charge is 0.330 e. The Kier molecular flexibility index (Phi) is 7.01. The highest BCUT2D eigenvalue weighted by molar-refractivity contribution is 6.74. The van der Waals surface area contributed by atoms with Crippen molar-refractivity contribution in [2.24, 2.45) is 5.92 Å². The Balaban J connectivity index is 4.87. The average Bonchev–Trinajstić information content (AvgIpc) is 2.22. The van der Waals surface area contributed by atoms with Gasteiger partial charge in [0.1, 0.15) is 0 Å². The van der Waals surface area contributed by atoms with Gasteiger partial charge in [-0.05, 0) is 36.5 Å². The van der Waals surface area contributed by atoms with Crippen LogP contribution in [0.2, 0.25) is 18.1 Å². The lowest BCUT2D eigenvalue weighted by Crippen LogP contribution is -2.43. The van der Waals surface area contributed by atoms with Crippen LogP contribution in [0.3, 0.4) is 0 Å². The topological polar surface area (TPSA) is 35.5 Å². The van der Waals surface area contributed by atoms with Crippen molar-refractivity contribution in [2.45, 2.75) is 65.3 Å². The van der Waals surface area contributed by atoms with Crippen LogP contribution < -0.4 is 0 Å². The molecule has 0 N–H and O–H groups in total. The molecule has 19 heavy (non-hydrogen) atoms. The van der Waals surface area contributed by atoms with Crippen molar-refractivity contribution in [1.82, 2.24) is 0 Å². The largest absolute Gasteiger partial charge is 0.466 e. The zero-order valence-electron chi connectivity index (χ0n) is 13.7. The number of methoxy groups -OCH3 is 1. The summed E-state index contributed by atoms with van der Waals surface area (Å²) in [5.41, 5.74) is 0. The van der Waals surface area contributed by atoms with Gasteiger partial charge in [-0.2, -0.15) is 0 Å². The molecule has 0 saturated heterocycles. The fourth-order valence-corrected chi connectivity index (χ4v) is 2.72. The van der Waals surface area contributed by atoms with Gasteiger partial charge in [0.15, 0.2) is 8.32 Å². The molecule has 0 aromatic rings. The molecule has 0 aromatic heterocycles. The molecule has 0 heterocycles. The molecule has 0 unspecified atom stereocenters. The van der Waals surface area contributed by atoms with Crippen molar-refractivity contribution in [2.75, 3.05) is 7.11 Å². The Labute approximate surface area is 119 Å². The molecule has 0 aromatic carbocycles. The van der Waals surface area contributed by atoms with Gasteiger partial charge in [-0.15, -0.1) is 0 Å². The number of carbonyl (C=O) groups excluding carboxylic acids is 1. The molecule has 0 bridgehead atoms. The predicted octanol–water partition coefficient (Wildman–Crippen LogP) is 4.15. The minimum atomic E-state index is -1.82. The van der Waals surface area contributed by atoms with Gasteiger partial charge in [0.25, 0.3) is 0 Å². The SMILES string of the molecule is COC(=O)C=C[C@H](CC(C)C)O[Si](C)(C)C(C)(C)C. The lowest BCUT2D eigenvalue weighted by atomic mass is 10.1. The van der Waals surface area contributed by atoms with Crippen molar-refractivity contribution in [1.29, 1.82) is 0 Å². The van der Waals surface area contributed by atoms with E-state index in [2.05, 4.69) is 52.4 Å². The minimum Gasteiger partial charge on any atom is -0.466 e. The molecule has 0 aliphatic carbocycles. The summed E-state index contributed by atoms with van der Waals surface area (Å²) in [5, 5.41) is 0.168. The normalized spacial score (nSPS) is 15.0. The summed E-state index contributed by atoms with van der Waals surface area (Å²) in [4.78, 5) is 11.2. The molecular weight excluding hydrogens is 256 g/mol. The summed E-state index contributed by atoms with van der Waals surface area (Å²) in [6.45, 7) is 15.4. The van der Waals surface area contributed by atoms with Gasteiger partial charge in [-0.25, -0.2) is 4.79 Å². The molecule has 0 fully saturated rings. The van der Waals surface area contributed by atoms with Gasteiger partial charge in [0.05, 0.1) is 13.2 Å². The molecule has 0 aliphatic heterocycles. The van der Waals surface area contributed by atoms with Crippen LogP contribution in [-0.2, 0) is 14.0 Å². The Morgan fingerprint density at radius 1 is 1.26 bits per heavy atom. The van der Waals surface area contributed by atoms with E-state index in [1.807, 2.05) is 6.08 Å². The molecule has 4 heteroatoms. The molecule has 0 aliphatic rings. The van der Waals surface area contributed by atoms with Gasteiger partial charge in [-0.1, -0.05) is 34.6 Å². The summed E-state index contributed by atoms with van der Waals surface area (Å²) in [6.07, 6.45) is 4.21. The first-order valence-corrected chi connectivity index (χ1v) is 9.84. The Morgan fingerprint density at radius 3 is 2.16 bits per heavy atom. The van der Waals surface area contributed by atoms with Gasteiger partial charge in [0.2, 0.25) is 0 Å². The number of rotatable bonds is 6. The highest BCUT2D eigenvalue weighted by Gasteiger charge is 2.38. The maximum Gasteiger partial charge on any atom is 0.330 e. The highest BCUT2D eigenvalue weighted by Crippen LogP contribution is 2.38. The average molecular weight is 286 g/mol. The van der Waals surface area contributed by atoms with Crippen molar-refractivity contribution < 1.29 is 14.0 Å². The first-order valence-electron chi connectivity index (χ1n) is 6.93. The number of hydrogen-bond acceptors (Lipinski definition) is 3. The molecule has 1 atom stereocenters. The predicted molar refractivity (Wildman–Crippen MR) is 82.7 cm³/mol. The molecule has 0 rings (SSSR count). The molecular formula is C15H30O3Si. The van der Waals surface area contributed by atoms with Crippen LogP contribution in [0.15, 0.2) is 12.2 Å². The fraction of sp³-hybridized carbons (Fsp3) is 0.800. The second-order valence-corrected chi connectivity index (χ2v) is 11.7. The fourth-order valence-electron chi connectivity index (χ4n) is 1.44. The molecule has 0 spiro atoms. The van der Waals surface area contributed by atoms with E-state index in [0.717, 1.165) is 6.42 Å². The Hall–Kier alpha value is -0.613. The van der Waals surface area contributed by atoms with E-state index in [9.17, 15) is 4.79 Å². The van der Waals surface area contributed by atoms with Crippen LogP contribution in [-0.4, -0.2) is 27.5 Å². The Bertz CT molecular complexity index is 314. The number of ether oxygens (including phenoxy) is 1. The monoisotopic (exact) mass is 286 g/mol. The molecule has 3 nitrogen and oxygen atoms in total. The van der Waals surface area contributed by atoms with E-state index >= 15 is 0 Å². The van der Waals surface area contributed by atoms with Gasteiger partial charge < -0.3 is 9.16 Å². The quantitative estimate of drug-likeness (QED) is 0.418. The third-order valence-electron chi connectivity index (χ3n) is 3.60. The summed E-state index contributed by atoms with van der Waals surface area (Å²) in [7, 11) is -0.433. The molecule has 0 radical (unpaired) electrons. The maximum atomic E-state index is 11.2. The van der Waals surface area contributed by atoms with E-state index in [0.29, 0.717) is 5.92 Å². The molecule has 0 saturated carbocycles. The van der Waals surface area contributed by atoms with E-state index in [1.165, 1.54) is 13.2 Å². The van der Waals surface area contributed by atoms with Gasteiger partial charge in [0, 0.05) is 6.08 Å². The van der Waals surface area contributed by atoms with Gasteiger partial charge in [-0.3, -0.25) is 0 Å². The molecule has 112 valence electrons. The van der Waals surface area contributed by atoms with E-state index in [-0.39, 0.29) is 17.1 Å². The second-order valence-electron chi connectivity index (χ2n) is 6.93. The van der Waals surface area contributed by atoms with E-state index in [1.54, 1.807) is 0 Å². The zero-order chi connectivity index (χ0) is 15.3. The standard InChI is InChI=1S/C15H30O3Si/c1-12(2)11-13(9-10-14(16)17-6)18-19(7,8)15(3,4)5/h9-10,12-13H,11H2,1-8H3/t13-/m1/s1. The minimum absolute atomic E-state index is 0.0139. The third kappa shape index (κ3) is 6.92. The summed E-state index contributed by atoms with van der Waals surface area (Å²) in [6, 6.07) is 0. The first-order chi connectivity index (χ1) is 8.49. The summed E-state index contributed by atoms with van der Waals surface area (Å²) >= 11 is 0. The summed E-state index contributed by atoms with van der Waals surface area (Å²) in [5.74, 6) is 0.199. The van der Waals surface area contributed by atoms with Crippen LogP contribution in [0.5, 0.6) is 0 Å². The van der Waals surface area contributed by atoms with Crippen LogP contribution in [0.4, 0.5) is 0 Å². The lowest BCUT2D eigenvalue weighted by Gasteiger charge is -2.39. The van der Waals surface area contributed by atoms with Crippen molar-refractivity contribution in [3.05, 3.63) is 12.2 Å². The van der Waals surface area contributed by atoms with Crippen LogP contribution in [0.1, 0.15) is 41.0 Å². The zero-order valence-corrected chi connectivity index (χ0v) is 14.7. The first kappa shape index (κ1) is 18.4. The van der Waals surface area contributed by atoms with E-state index in [4.69, 9.17) is 4.43 Å². The lowest BCUT2D eigenvalue weighted by molar-refractivity contribution is -0.134. The Morgan fingerprint density at radius 2 is 1.79 bits per heavy atom. The second kappa shape index (κ2) is 7.24.